The second kappa shape index (κ2) is 4.01. The molecule has 1 saturated heterocycles. The Morgan fingerprint density at radius 2 is 2.00 bits per heavy atom. The van der Waals surface area contributed by atoms with Crippen molar-refractivity contribution < 1.29 is 4.79 Å². The monoisotopic (exact) mass is 195 g/mol. The van der Waals surface area contributed by atoms with Gasteiger partial charge in [0.2, 0.25) is 0 Å². The molecule has 3 unspecified atom stereocenters. The van der Waals surface area contributed by atoms with Crippen molar-refractivity contribution in [2.75, 3.05) is 6.54 Å². The molecular weight excluding hydrogens is 174 g/mol. The van der Waals surface area contributed by atoms with Gasteiger partial charge in [-0.3, -0.25) is 9.69 Å². The maximum atomic E-state index is 11.3. The molecule has 14 heavy (non-hydrogen) atoms. The largest absolute Gasteiger partial charge is 0.300 e. The summed E-state index contributed by atoms with van der Waals surface area (Å²) in [6.07, 6.45) is 5.42. The van der Waals surface area contributed by atoms with Crippen molar-refractivity contribution in [2.45, 2.75) is 58.0 Å². The number of nitrogens with zero attached hydrogens (tertiary/aromatic N) is 1. The van der Waals surface area contributed by atoms with E-state index in [1.165, 1.54) is 19.4 Å². The van der Waals surface area contributed by atoms with Crippen molar-refractivity contribution in [3.63, 3.8) is 0 Å². The Hall–Kier alpha value is -0.370. The SMILES string of the molecule is CC1CCC(C)N(C2CCC(=O)C2)C1. The minimum Gasteiger partial charge on any atom is -0.300 e. The van der Waals surface area contributed by atoms with Crippen LogP contribution >= 0.6 is 0 Å². The Labute approximate surface area is 86.7 Å². The van der Waals surface area contributed by atoms with Gasteiger partial charge in [-0.2, -0.15) is 0 Å². The first-order valence-corrected chi connectivity index (χ1v) is 5.94. The van der Waals surface area contributed by atoms with Gasteiger partial charge in [0.05, 0.1) is 0 Å². The molecule has 0 aromatic carbocycles. The van der Waals surface area contributed by atoms with Gasteiger partial charge in [0, 0.05) is 31.5 Å². The van der Waals surface area contributed by atoms with Crippen LogP contribution in [0.3, 0.4) is 0 Å². The van der Waals surface area contributed by atoms with Crippen molar-refractivity contribution in [3.05, 3.63) is 0 Å². The van der Waals surface area contributed by atoms with E-state index in [0.717, 1.165) is 25.2 Å². The third kappa shape index (κ3) is 2.00. The van der Waals surface area contributed by atoms with Gasteiger partial charge < -0.3 is 0 Å². The van der Waals surface area contributed by atoms with Crippen LogP contribution in [0.15, 0.2) is 0 Å². The molecule has 1 aliphatic carbocycles. The number of likely N-dealkylation sites (tertiary alicyclic amines) is 1. The molecule has 1 aliphatic heterocycles. The highest BCUT2D eigenvalue weighted by atomic mass is 16.1. The van der Waals surface area contributed by atoms with Crippen LogP contribution < -0.4 is 0 Å². The third-order valence-corrected chi connectivity index (χ3v) is 3.85. The van der Waals surface area contributed by atoms with Gasteiger partial charge in [-0.05, 0) is 32.1 Å². The molecule has 80 valence electrons. The number of ketones is 1. The lowest BCUT2D eigenvalue weighted by atomic mass is 9.93. The average Bonchev–Trinajstić information content (AvgIpc) is 2.56. The summed E-state index contributed by atoms with van der Waals surface area (Å²) in [6, 6.07) is 1.27. The Morgan fingerprint density at radius 3 is 2.64 bits per heavy atom. The van der Waals surface area contributed by atoms with Crippen molar-refractivity contribution >= 4 is 5.78 Å². The number of piperidine rings is 1. The first kappa shape index (κ1) is 10.2. The van der Waals surface area contributed by atoms with Gasteiger partial charge in [-0.1, -0.05) is 6.92 Å². The smallest absolute Gasteiger partial charge is 0.134 e. The normalized spacial score (nSPS) is 40.4. The summed E-state index contributed by atoms with van der Waals surface area (Å²) < 4.78 is 0. The number of Topliss-reactive ketones (excluding diaryl/α,β-unsaturated/α-hetero) is 1. The van der Waals surface area contributed by atoms with Crippen LogP contribution in [0.5, 0.6) is 0 Å². The molecule has 0 N–H and O–H groups in total. The molecule has 0 aromatic heterocycles. The summed E-state index contributed by atoms with van der Waals surface area (Å²) in [7, 11) is 0. The van der Waals surface area contributed by atoms with E-state index in [9.17, 15) is 4.79 Å². The Kier molecular flexibility index (Phi) is 2.91. The molecule has 0 bridgehead atoms. The summed E-state index contributed by atoms with van der Waals surface area (Å²) in [6.45, 7) is 5.85. The van der Waals surface area contributed by atoms with E-state index in [4.69, 9.17) is 0 Å². The first-order valence-electron chi connectivity index (χ1n) is 5.94. The number of hydrogen-bond donors (Lipinski definition) is 0. The van der Waals surface area contributed by atoms with Crippen LogP contribution in [0.4, 0.5) is 0 Å². The van der Waals surface area contributed by atoms with Gasteiger partial charge in [0.25, 0.3) is 0 Å². The van der Waals surface area contributed by atoms with Crippen LogP contribution in [-0.2, 0) is 4.79 Å². The first-order chi connectivity index (χ1) is 6.66. The van der Waals surface area contributed by atoms with Gasteiger partial charge in [0.1, 0.15) is 5.78 Å². The molecule has 2 heteroatoms. The summed E-state index contributed by atoms with van der Waals surface area (Å²) in [5.74, 6) is 1.29. The molecule has 0 aromatic rings. The zero-order chi connectivity index (χ0) is 10.1. The number of carbonyl (C=O) groups is 1. The average molecular weight is 195 g/mol. The number of carbonyl (C=O) groups excluding carboxylic acids is 1. The van der Waals surface area contributed by atoms with Crippen molar-refractivity contribution in [1.29, 1.82) is 0 Å². The van der Waals surface area contributed by atoms with E-state index in [1.54, 1.807) is 0 Å². The highest BCUT2D eigenvalue weighted by molar-refractivity contribution is 5.81. The predicted molar refractivity (Wildman–Crippen MR) is 57.2 cm³/mol. The minimum atomic E-state index is 0.473. The van der Waals surface area contributed by atoms with E-state index >= 15 is 0 Å². The molecule has 3 atom stereocenters. The quantitative estimate of drug-likeness (QED) is 0.639. The van der Waals surface area contributed by atoms with Crippen LogP contribution in [0.25, 0.3) is 0 Å². The second-order valence-electron chi connectivity index (χ2n) is 5.16. The molecule has 0 amide bonds. The molecule has 1 saturated carbocycles. The lowest BCUT2D eigenvalue weighted by Gasteiger charge is -2.40. The van der Waals surface area contributed by atoms with Crippen molar-refractivity contribution in [1.82, 2.24) is 4.90 Å². The fourth-order valence-corrected chi connectivity index (χ4v) is 2.91. The molecule has 1 heterocycles. The Morgan fingerprint density at radius 1 is 1.21 bits per heavy atom. The molecule has 0 spiro atoms. The molecule has 2 aliphatic rings. The maximum absolute atomic E-state index is 11.3. The standard InChI is InChI=1S/C12H21NO/c1-9-3-4-10(2)13(8-9)11-5-6-12(14)7-11/h9-11H,3-8H2,1-2H3. The van der Waals surface area contributed by atoms with E-state index < -0.39 is 0 Å². The summed E-state index contributed by atoms with van der Waals surface area (Å²) >= 11 is 0. The fourth-order valence-electron chi connectivity index (χ4n) is 2.91. The topological polar surface area (TPSA) is 20.3 Å². The molecule has 0 radical (unpaired) electrons. The van der Waals surface area contributed by atoms with Gasteiger partial charge in [-0.15, -0.1) is 0 Å². The number of rotatable bonds is 1. The molecule has 2 nitrogen and oxygen atoms in total. The van der Waals surface area contributed by atoms with E-state index in [2.05, 4.69) is 18.7 Å². The third-order valence-electron chi connectivity index (χ3n) is 3.85. The Balaban J connectivity index is 1.97. The summed E-state index contributed by atoms with van der Waals surface area (Å²) in [4.78, 5) is 13.8. The molecular formula is C12H21NO. The van der Waals surface area contributed by atoms with E-state index in [-0.39, 0.29) is 0 Å². The van der Waals surface area contributed by atoms with E-state index in [0.29, 0.717) is 17.9 Å². The second-order valence-corrected chi connectivity index (χ2v) is 5.16. The lowest BCUT2D eigenvalue weighted by molar-refractivity contribution is -0.117. The van der Waals surface area contributed by atoms with Crippen LogP contribution in [0.1, 0.15) is 46.0 Å². The van der Waals surface area contributed by atoms with Crippen LogP contribution in [-0.4, -0.2) is 29.3 Å². The highest BCUT2D eigenvalue weighted by Crippen LogP contribution is 2.29. The van der Waals surface area contributed by atoms with E-state index in [1.807, 2.05) is 0 Å². The van der Waals surface area contributed by atoms with Crippen molar-refractivity contribution in [3.8, 4) is 0 Å². The van der Waals surface area contributed by atoms with Crippen molar-refractivity contribution in [2.24, 2.45) is 5.92 Å². The molecule has 2 fully saturated rings. The van der Waals surface area contributed by atoms with Crippen LogP contribution in [0, 0.1) is 5.92 Å². The van der Waals surface area contributed by atoms with Gasteiger partial charge >= 0.3 is 0 Å². The molecule has 2 rings (SSSR count). The Bertz CT molecular complexity index is 226. The number of hydrogen-bond acceptors (Lipinski definition) is 2. The minimum absolute atomic E-state index is 0.473. The van der Waals surface area contributed by atoms with Gasteiger partial charge in [-0.25, -0.2) is 0 Å². The highest BCUT2D eigenvalue weighted by Gasteiger charge is 2.33. The summed E-state index contributed by atoms with van der Waals surface area (Å²) in [5, 5.41) is 0. The predicted octanol–water partition coefficient (Wildman–Crippen LogP) is 2.23. The maximum Gasteiger partial charge on any atom is 0.134 e. The fraction of sp³-hybridized carbons (Fsp3) is 0.917. The zero-order valence-electron chi connectivity index (χ0n) is 9.33. The zero-order valence-corrected chi connectivity index (χ0v) is 9.33. The summed E-state index contributed by atoms with van der Waals surface area (Å²) in [5.41, 5.74) is 0. The lowest BCUT2D eigenvalue weighted by Crippen LogP contribution is -2.46. The van der Waals surface area contributed by atoms with Gasteiger partial charge in [0.15, 0.2) is 0 Å². The van der Waals surface area contributed by atoms with Crippen LogP contribution in [0.2, 0.25) is 0 Å².